The van der Waals surface area contributed by atoms with Crippen LogP contribution in [0.5, 0.6) is 0 Å². The molecule has 3 nitrogen and oxygen atoms in total. The molecule has 3 aromatic carbocycles. The second kappa shape index (κ2) is 9.07. The average molecular weight is 428 g/mol. The number of carbonyl (C=O) groups is 1. The molecule has 2 unspecified atom stereocenters. The van der Waals surface area contributed by atoms with Crippen molar-refractivity contribution in [1.29, 1.82) is 0 Å². The van der Waals surface area contributed by atoms with E-state index < -0.39 is 0 Å². The molecule has 2 aliphatic carbocycles. The molecular weight excluding hydrogens is 394 g/mol. The molecule has 32 heavy (non-hydrogen) atoms. The van der Waals surface area contributed by atoms with Crippen LogP contribution < -0.4 is 5.32 Å². The number of esters is 1. The van der Waals surface area contributed by atoms with Gasteiger partial charge in [-0.15, -0.1) is 0 Å². The zero-order valence-corrected chi connectivity index (χ0v) is 19.1. The van der Waals surface area contributed by atoms with Crippen LogP contribution in [-0.4, -0.2) is 19.1 Å². The van der Waals surface area contributed by atoms with Crippen molar-refractivity contribution in [2.75, 3.05) is 7.11 Å². The molecule has 4 atom stereocenters. The van der Waals surface area contributed by atoms with Crippen LogP contribution in [0.3, 0.4) is 0 Å². The highest BCUT2D eigenvalue weighted by Crippen LogP contribution is 2.41. The summed E-state index contributed by atoms with van der Waals surface area (Å²) in [6, 6.07) is 23.2. The molecule has 0 saturated heterocycles. The Balaban J connectivity index is 1.27. The van der Waals surface area contributed by atoms with Crippen LogP contribution in [0.2, 0.25) is 0 Å². The van der Waals surface area contributed by atoms with Gasteiger partial charge in [-0.3, -0.25) is 4.79 Å². The van der Waals surface area contributed by atoms with Crippen LogP contribution in [-0.2, 0) is 16.0 Å². The van der Waals surface area contributed by atoms with Crippen molar-refractivity contribution >= 4 is 16.7 Å². The van der Waals surface area contributed by atoms with Gasteiger partial charge in [0, 0.05) is 12.1 Å². The molecule has 3 heteroatoms. The summed E-state index contributed by atoms with van der Waals surface area (Å²) in [6.07, 6.45) is 6.25. The maximum Gasteiger partial charge on any atom is 0.306 e. The number of methoxy groups -OCH3 is 1. The third-order valence-electron chi connectivity index (χ3n) is 7.69. The van der Waals surface area contributed by atoms with E-state index in [1.807, 2.05) is 0 Å². The molecule has 2 aliphatic rings. The van der Waals surface area contributed by atoms with Crippen molar-refractivity contribution in [3.63, 3.8) is 0 Å². The Morgan fingerprint density at radius 3 is 2.78 bits per heavy atom. The Morgan fingerprint density at radius 1 is 1.06 bits per heavy atom. The maximum absolute atomic E-state index is 11.8. The number of rotatable bonds is 6. The summed E-state index contributed by atoms with van der Waals surface area (Å²) in [4.78, 5) is 11.8. The summed E-state index contributed by atoms with van der Waals surface area (Å²) in [6.45, 7) is 2.29. The quantitative estimate of drug-likeness (QED) is 0.461. The highest BCUT2D eigenvalue weighted by atomic mass is 16.5. The van der Waals surface area contributed by atoms with Gasteiger partial charge in [-0.1, -0.05) is 60.7 Å². The number of nitrogens with one attached hydrogen (secondary N) is 1. The number of hydrogen-bond acceptors (Lipinski definition) is 3. The van der Waals surface area contributed by atoms with Crippen molar-refractivity contribution in [3.05, 3.63) is 82.9 Å². The lowest BCUT2D eigenvalue weighted by atomic mass is 9.90. The van der Waals surface area contributed by atoms with E-state index in [1.54, 1.807) is 0 Å². The Morgan fingerprint density at radius 2 is 1.91 bits per heavy atom. The van der Waals surface area contributed by atoms with E-state index in [9.17, 15) is 4.79 Å². The van der Waals surface area contributed by atoms with Crippen LogP contribution in [0.15, 0.2) is 60.7 Å². The minimum Gasteiger partial charge on any atom is -0.469 e. The predicted octanol–water partition coefficient (Wildman–Crippen LogP) is 6.42. The van der Waals surface area contributed by atoms with Gasteiger partial charge in [-0.2, -0.15) is 0 Å². The number of fused-ring (bicyclic) bond motifs is 2. The fourth-order valence-electron chi connectivity index (χ4n) is 5.96. The Bertz CT molecular complexity index is 1120. The first-order chi connectivity index (χ1) is 15.6. The molecule has 5 rings (SSSR count). The number of hydrogen-bond donors (Lipinski definition) is 1. The lowest BCUT2D eigenvalue weighted by Gasteiger charge is -2.22. The Kier molecular flexibility index (Phi) is 6.01. The SMILES string of the molecule is COC(=O)C[C@@H]1CCc2ccc(C3CCC(N[C@H](C)c4cccc5ccccc45)C3)cc21. The molecule has 0 aromatic heterocycles. The molecule has 0 bridgehead atoms. The lowest BCUT2D eigenvalue weighted by molar-refractivity contribution is -0.141. The van der Waals surface area contributed by atoms with Crippen LogP contribution in [0.25, 0.3) is 10.8 Å². The Labute approximate surface area is 191 Å². The Hall–Kier alpha value is -2.65. The van der Waals surface area contributed by atoms with Crippen LogP contribution in [0, 0.1) is 0 Å². The molecule has 0 heterocycles. The summed E-state index contributed by atoms with van der Waals surface area (Å²) in [5, 5.41) is 6.58. The predicted molar refractivity (Wildman–Crippen MR) is 130 cm³/mol. The van der Waals surface area contributed by atoms with Gasteiger partial charge in [-0.05, 0) is 83.9 Å². The maximum atomic E-state index is 11.8. The second-order valence-electron chi connectivity index (χ2n) is 9.64. The van der Waals surface area contributed by atoms with Gasteiger partial charge < -0.3 is 10.1 Å². The minimum absolute atomic E-state index is 0.0965. The van der Waals surface area contributed by atoms with Crippen LogP contribution in [0.4, 0.5) is 0 Å². The molecule has 0 radical (unpaired) electrons. The summed E-state index contributed by atoms with van der Waals surface area (Å²) < 4.78 is 4.92. The molecule has 0 aliphatic heterocycles. The first-order valence-electron chi connectivity index (χ1n) is 12.1. The van der Waals surface area contributed by atoms with Crippen molar-refractivity contribution in [2.45, 2.75) is 69.4 Å². The number of aryl methyl sites for hydroxylation is 1. The second-order valence-corrected chi connectivity index (χ2v) is 9.64. The molecule has 0 spiro atoms. The number of benzene rings is 3. The summed E-state index contributed by atoms with van der Waals surface area (Å²) in [5.41, 5.74) is 5.63. The molecule has 1 saturated carbocycles. The van der Waals surface area contributed by atoms with Crippen molar-refractivity contribution in [1.82, 2.24) is 5.32 Å². The van der Waals surface area contributed by atoms with Crippen molar-refractivity contribution in [3.8, 4) is 0 Å². The summed E-state index contributed by atoms with van der Waals surface area (Å²) >= 11 is 0. The van der Waals surface area contributed by atoms with Crippen molar-refractivity contribution in [2.24, 2.45) is 0 Å². The molecule has 0 amide bonds. The summed E-state index contributed by atoms with van der Waals surface area (Å²) in [7, 11) is 1.49. The van der Waals surface area contributed by atoms with Gasteiger partial charge in [-0.25, -0.2) is 0 Å². The first kappa shape index (κ1) is 21.2. The van der Waals surface area contributed by atoms with Crippen molar-refractivity contribution < 1.29 is 9.53 Å². The highest BCUT2D eigenvalue weighted by molar-refractivity contribution is 5.86. The smallest absolute Gasteiger partial charge is 0.306 e. The number of ether oxygens (including phenoxy) is 1. The van der Waals surface area contributed by atoms with Gasteiger partial charge in [0.15, 0.2) is 0 Å². The van der Waals surface area contributed by atoms with Gasteiger partial charge in [0.05, 0.1) is 13.5 Å². The normalized spacial score (nSPS) is 23.2. The highest BCUT2D eigenvalue weighted by Gasteiger charge is 2.30. The molecule has 1 N–H and O–H groups in total. The molecule has 1 fully saturated rings. The molecule has 3 aromatic rings. The van der Waals surface area contributed by atoms with E-state index >= 15 is 0 Å². The van der Waals surface area contributed by atoms with Gasteiger partial charge in [0.2, 0.25) is 0 Å². The molecular formula is C29H33NO2. The van der Waals surface area contributed by atoms with E-state index in [2.05, 4.69) is 72.9 Å². The monoisotopic (exact) mass is 427 g/mol. The summed E-state index contributed by atoms with van der Waals surface area (Å²) in [5.74, 6) is 0.816. The van der Waals surface area contributed by atoms with Gasteiger partial charge in [0.25, 0.3) is 0 Å². The van der Waals surface area contributed by atoms with E-state index in [0.29, 0.717) is 30.3 Å². The first-order valence-corrected chi connectivity index (χ1v) is 12.1. The standard InChI is InChI=1S/C29H33NO2/c1-19(26-9-5-7-20-6-3-4-8-27(20)26)30-25-15-14-22(16-25)23-12-10-21-11-13-24(28(21)17-23)18-29(31)32-2/h3-10,12,17,19,22,24-25,30H,11,13-16,18H2,1-2H3/t19-,22?,24+,25?/m1/s1. The molecule has 166 valence electrons. The minimum atomic E-state index is -0.0965. The zero-order chi connectivity index (χ0) is 22.1. The van der Waals surface area contributed by atoms with Gasteiger partial charge >= 0.3 is 5.97 Å². The third kappa shape index (κ3) is 4.19. The van der Waals surface area contributed by atoms with Crippen LogP contribution >= 0.6 is 0 Å². The van der Waals surface area contributed by atoms with E-state index in [4.69, 9.17) is 4.74 Å². The van der Waals surface area contributed by atoms with E-state index in [1.165, 1.54) is 59.4 Å². The third-order valence-corrected chi connectivity index (χ3v) is 7.69. The van der Waals surface area contributed by atoms with Crippen LogP contribution in [0.1, 0.15) is 79.2 Å². The van der Waals surface area contributed by atoms with E-state index in [-0.39, 0.29) is 5.97 Å². The van der Waals surface area contributed by atoms with Gasteiger partial charge in [0.1, 0.15) is 0 Å². The van der Waals surface area contributed by atoms with E-state index in [0.717, 1.165) is 12.8 Å². The number of carbonyl (C=O) groups excluding carboxylic acids is 1. The fraction of sp³-hybridized carbons (Fsp3) is 0.414. The average Bonchev–Trinajstić information content (AvgIpc) is 3.45. The lowest BCUT2D eigenvalue weighted by Crippen LogP contribution is -2.29. The fourth-order valence-corrected chi connectivity index (χ4v) is 5.96. The topological polar surface area (TPSA) is 38.3 Å². The largest absolute Gasteiger partial charge is 0.469 e. The zero-order valence-electron chi connectivity index (χ0n) is 19.1.